The number of rotatable bonds is 7. The summed E-state index contributed by atoms with van der Waals surface area (Å²) in [5.74, 6) is 3.18. The van der Waals surface area contributed by atoms with Crippen LogP contribution in [-0.2, 0) is 11.3 Å². The molecule has 1 aliphatic heterocycles. The molecule has 0 spiro atoms. The number of hydrogen-bond donors (Lipinski definition) is 0. The van der Waals surface area contributed by atoms with E-state index in [1.807, 2.05) is 54.3 Å². The number of hydrogen-bond acceptors (Lipinski definition) is 5. The molecule has 1 fully saturated rings. The Kier molecular flexibility index (Phi) is 6.50. The first-order valence-electron chi connectivity index (χ1n) is 9.02. The van der Waals surface area contributed by atoms with Crippen molar-refractivity contribution >= 4 is 17.7 Å². The lowest BCUT2D eigenvalue weighted by atomic mass is 10.1. The van der Waals surface area contributed by atoms with Crippen molar-refractivity contribution in [3.05, 3.63) is 53.6 Å². The zero-order valence-electron chi connectivity index (χ0n) is 15.9. The third-order valence-electron chi connectivity index (χ3n) is 4.54. The largest absolute Gasteiger partial charge is 0.496 e. The number of amides is 1. The van der Waals surface area contributed by atoms with Gasteiger partial charge in [-0.05, 0) is 25.1 Å². The molecule has 1 unspecified atom stereocenters. The maximum atomic E-state index is 12.8. The fraction of sp³-hybridized carbons (Fsp3) is 0.381. The standard InChI is InChI=1S/C21H25NO4S/c1-4-26-19-9-6-5-8-15(19)21-22(20(23)12-13-27-21)14-16-17(24-2)10-7-11-18(16)25-3/h5-11,21H,4,12-14H2,1-3H3. The van der Waals surface area contributed by atoms with Crippen LogP contribution in [0.25, 0.3) is 0 Å². The van der Waals surface area contributed by atoms with Gasteiger partial charge in [0, 0.05) is 17.7 Å². The zero-order chi connectivity index (χ0) is 19.2. The van der Waals surface area contributed by atoms with Crippen molar-refractivity contribution in [3.8, 4) is 17.2 Å². The third kappa shape index (κ3) is 4.16. The average molecular weight is 388 g/mol. The zero-order valence-corrected chi connectivity index (χ0v) is 16.8. The van der Waals surface area contributed by atoms with E-state index >= 15 is 0 Å². The normalized spacial score (nSPS) is 16.9. The molecule has 3 rings (SSSR count). The Labute approximate surface area is 164 Å². The Balaban J connectivity index is 1.99. The van der Waals surface area contributed by atoms with Crippen molar-refractivity contribution < 1.29 is 19.0 Å². The molecule has 5 nitrogen and oxygen atoms in total. The van der Waals surface area contributed by atoms with E-state index < -0.39 is 0 Å². The molecular weight excluding hydrogens is 362 g/mol. The highest BCUT2D eigenvalue weighted by atomic mass is 32.2. The van der Waals surface area contributed by atoms with Crippen LogP contribution in [0.3, 0.4) is 0 Å². The predicted octanol–water partition coefficient (Wildman–Crippen LogP) is 4.27. The van der Waals surface area contributed by atoms with E-state index in [0.29, 0.717) is 19.6 Å². The van der Waals surface area contributed by atoms with Gasteiger partial charge in [0.2, 0.25) is 5.91 Å². The first kappa shape index (κ1) is 19.4. The van der Waals surface area contributed by atoms with Crippen molar-refractivity contribution in [2.45, 2.75) is 25.3 Å². The number of methoxy groups -OCH3 is 2. The lowest BCUT2D eigenvalue weighted by Crippen LogP contribution is -2.37. The molecule has 27 heavy (non-hydrogen) atoms. The number of nitrogens with zero attached hydrogens (tertiary/aromatic N) is 1. The molecule has 0 saturated carbocycles. The third-order valence-corrected chi connectivity index (χ3v) is 5.80. The fourth-order valence-electron chi connectivity index (χ4n) is 3.28. The molecule has 2 aromatic rings. The molecule has 0 aromatic heterocycles. The van der Waals surface area contributed by atoms with Gasteiger partial charge in [-0.3, -0.25) is 4.79 Å². The number of para-hydroxylation sites is 1. The Morgan fingerprint density at radius 1 is 1.04 bits per heavy atom. The van der Waals surface area contributed by atoms with Gasteiger partial charge in [-0.15, -0.1) is 11.8 Å². The van der Waals surface area contributed by atoms with Crippen molar-refractivity contribution in [2.75, 3.05) is 26.6 Å². The molecule has 144 valence electrons. The molecule has 0 aliphatic carbocycles. The van der Waals surface area contributed by atoms with Crippen molar-refractivity contribution in [1.82, 2.24) is 4.90 Å². The molecular formula is C21H25NO4S. The van der Waals surface area contributed by atoms with Gasteiger partial charge in [-0.1, -0.05) is 24.3 Å². The minimum atomic E-state index is -0.108. The highest BCUT2D eigenvalue weighted by Crippen LogP contribution is 2.43. The predicted molar refractivity (Wildman–Crippen MR) is 108 cm³/mol. The van der Waals surface area contributed by atoms with Crippen LogP contribution in [0.4, 0.5) is 0 Å². The van der Waals surface area contributed by atoms with E-state index in [9.17, 15) is 4.79 Å². The van der Waals surface area contributed by atoms with E-state index in [4.69, 9.17) is 14.2 Å². The van der Waals surface area contributed by atoms with Crippen LogP contribution in [0.5, 0.6) is 17.2 Å². The second-order valence-corrected chi connectivity index (χ2v) is 7.29. The number of thioether (sulfide) groups is 1. The SMILES string of the molecule is CCOc1ccccc1C1SCCC(=O)N1Cc1c(OC)cccc1OC. The maximum absolute atomic E-state index is 12.8. The summed E-state index contributed by atoms with van der Waals surface area (Å²) in [6.07, 6.45) is 0.523. The van der Waals surface area contributed by atoms with Crippen LogP contribution in [0, 0.1) is 0 Å². The number of carbonyl (C=O) groups excluding carboxylic acids is 1. The van der Waals surface area contributed by atoms with E-state index in [0.717, 1.165) is 34.1 Å². The van der Waals surface area contributed by atoms with Crippen LogP contribution >= 0.6 is 11.8 Å². The molecule has 1 aliphatic rings. The van der Waals surface area contributed by atoms with E-state index in [1.165, 1.54) is 0 Å². The van der Waals surface area contributed by atoms with Crippen LogP contribution < -0.4 is 14.2 Å². The Morgan fingerprint density at radius 3 is 2.37 bits per heavy atom. The Morgan fingerprint density at radius 2 is 1.70 bits per heavy atom. The summed E-state index contributed by atoms with van der Waals surface area (Å²) in [5, 5.41) is -0.108. The van der Waals surface area contributed by atoms with E-state index in [-0.39, 0.29) is 11.3 Å². The van der Waals surface area contributed by atoms with E-state index in [1.54, 1.807) is 26.0 Å². The van der Waals surface area contributed by atoms with Gasteiger partial charge in [0.1, 0.15) is 22.6 Å². The average Bonchev–Trinajstić information content (AvgIpc) is 2.70. The number of benzene rings is 2. The van der Waals surface area contributed by atoms with Crippen LogP contribution in [0.15, 0.2) is 42.5 Å². The first-order valence-corrected chi connectivity index (χ1v) is 10.1. The molecule has 0 bridgehead atoms. The first-order chi connectivity index (χ1) is 13.2. The van der Waals surface area contributed by atoms with Crippen LogP contribution in [0.2, 0.25) is 0 Å². The monoisotopic (exact) mass is 387 g/mol. The van der Waals surface area contributed by atoms with E-state index in [2.05, 4.69) is 0 Å². The minimum Gasteiger partial charge on any atom is -0.496 e. The van der Waals surface area contributed by atoms with Crippen molar-refractivity contribution in [2.24, 2.45) is 0 Å². The second-order valence-electron chi connectivity index (χ2n) is 6.11. The summed E-state index contributed by atoms with van der Waals surface area (Å²) in [7, 11) is 3.26. The second kappa shape index (κ2) is 9.04. The van der Waals surface area contributed by atoms with Crippen LogP contribution in [-0.4, -0.2) is 37.4 Å². The Bertz CT molecular complexity index is 773. The number of carbonyl (C=O) groups is 1. The highest BCUT2D eigenvalue weighted by Gasteiger charge is 2.33. The van der Waals surface area contributed by atoms with Crippen LogP contribution in [0.1, 0.15) is 29.8 Å². The molecule has 1 saturated heterocycles. The maximum Gasteiger partial charge on any atom is 0.224 e. The quantitative estimate of drug-likeness (QED) is 0.710. The topological polar surface area (TPSA) is 48.0 Å². The molecule has 1 amide bonds. The summed E-state index contributed by atoms with van der Waals surface area (Å²) in [6.45, 7) is 2.97. The summed E-state index contributed by atoms with van der Waals surface area (Å²) >= 11 is 1.76. The van der Waals surface area contributed by atoms with Gasteiger partial charge < -0.3 is 19.1 Å². The summed E-state index contributed by atoms with van der Waals surface area (Å²) in [4.78, 5) is 14.7. The summed E-state index contributed by atoms with van der Waals surface area (Å²) in [6, 6.07) is 13.6. The smallest absolute Gasteiger partial charge is 0.224 e. The molecule has 0 radical (unpaired) electrons. The van der Waals surface area contributed by atoms with Gasteiger partial charge >= 0.3 is 0 Å². The van der Waals surface area contributed by atoms with Crippen molar-refractivity contribution in [1.29, 1.82) is 0 Å². The highest BCUT2D eigenvalue weighted by molar-refractivity contribution is 7.99. The molecule has 1 heterocycles. The number of ether oxygens (including phenoxy) is 3. The van der Waals surface area contributed by atoms with Gasteiger partial charge in [0.25, 0.3) is 0 Å². The van der Waals surface area contributed by atoms with Gasteiger partial charge in [0.05, 0.1) is 32.9 Å². The molecule has 2 aromatic carbocycles. The summed E-state index contributed by atoms with van der Waals surface area (Å²) in [5.41, 5.74) is 1.89. The van der Waals surface area contributed by atoms with Gasteiger partial charge in [0.15, 0.2) is 0 Å². The Hall–Kier alpha value is -2.34. The summed E-state index contributed by atoms with van der Waals surface area (Å²) < 4.78 is 16.8. The fourth-order valence-corrected chi connectivity index (χ4v) is 4.54. The lowest BCUT2D eigenvalue weighted by molar-refractivity contribution is -0.132. The molecule has 1 atom stereocenters. The van der Waals surface area contributed by atoms with Gasteiger partial charge in [-0.25, -0.2) is 0 Å². The van der Waals surface area contributed by atoms with Gasteiger partial charge in [-0.2, -0.15) is 0 Å². The minimum absolute atomic E-state index is 0.108. The molecule has 0 N–H and O–H groups in total. The molecule has 6 heteroatoms. The lowest BCUT2D eigenvalue weighted by Gasteiger charge is -2.36. The van der Waals surface area contributed by atoms with Crippen molar-refractivity contribution in [3.63, 3.8) is 0 Å².